The van der Waals surface area contributed by atoms with Crippen LogP contribution in [0.25, 0.3) is 0 Å². The van der Waals surface area contributed by atoms with E-state index in [0.29, 0.717) is 0 Å². The highest BCUT2D eigenvalue weighted by Gasteiger charge is 2.19. The zero-order chi connectivity index (χ0) is 13.1. The van der Waals surface area contributed by atoms with Crippen molar-refractivity contribution in [3.8, 4) is 0 Å². The number of fused-ring (bicyclic) bond motifs is 1. The van der Waals surface area contributed by atoms with Gasteiger partial charge in [-0.2, -0.15) is 0 Å². The van der Waals surface area contributed by atoms with Crippen molar-refractivity contribution >= 4 is 22.9 Å². The zero-order valence-corrected chi connectivity index (χ0v) is 12.1. The van der Waals surface area contributed by atoms with Gasteiger partial charge in [0.15, 0.2) is 0 Å². The van der Waals surface area contributed by atoms with E-state index >= 15 is 0 Å². The van der Waals surface area contributed by atoms with Crippen molar-refractivity contribution in [2.75, 3.05) is 13.2 Å². The first kappa shape index (κ1) is 13.1. The fourth-order valence-corrected chi connectivity index (χ4v) is 3.48. The van der Waals surface area contributed by atoms with Crippen LogP contribution in [0.3, 0.4) is 0 Å². The number of ether oxygens (including phenoxy) is 1. The van der Waals surface area contributed by atoms with Crippen molar-refractivity contribution in [2.24, 2.45) is 0 Å². The molecule has 1 aliphatic heterocycles. The van der Waals surface area contributed by atoms with Gasteiger partial charge in [0.1, 0.15) is 0 Å². The third-order valence-electron chi connectivity index (χ3n) is 3.35. The summed E-state index contributed by atoms with van der Waals surface area (Å²) in [5.41, 5.74) is 2.74. The Morgan fingerprint density at radius 2 is 2.16 bits per heavy atom. The van der Waals surface area contributed by atoms with Crippen molar-refractivity contribution < 1.29 is 4.74 Å². The van der Waals surface area contributed by atoms with Crippen molar-refractivity contribution in [2.45, 2.75) is 19.1 Å². The summed E-state index contributed by atoms with van der Waals surface area (Å²) in [5.74, 6) is 0. The van der Waals surface area contributed by atoms with Gasteiger partial charge in [-0.1, -0.05) is 35.9 Å². The van der Waals surface area contributed by atoms with Crippen LogP contribution < -0.4 is 5.32 Å². The van der Waals surface area contributed by atoms with Gasteiger partial charge in [0.25, 0.3) is 0 Å². The van der Waals surface area contributed by atoms with E-state index in [-0.39, 0.29) is 6.10 Å². The number of nitrogens with one attached hydrogen (secondary N) is 1. The first-order valence-electron chi connectivity index (χ1n) is 6.47. The summed E-state index contributed by atoms with van der Waals surface area (Å²) in [5, 5.41) is 3.45. The van der Waals surface area contributed by atoms with Gasteiger partial charge in [0.05, 0.1) is 17.0 Å². The summed E-state index contributed by atoms with van der Waals surface area (Å²) in [6.45, 7) is 2.50. The van der Waals surface area contributed by atoms with Crippen molar-refractivity contribution in [1.29, 1.82) is 0 Å². The molecule has 1 aromatic heterocycles. The quantitative estimate of drug-likeness (QED) is 0.926. The molecule has 0 aliphatic carbocycles. The van der Waals surface area contributed by atoms with Gasteiger partial charge in [0.2, 0.25) is 0 Å². The van der Waals surface area contributed by atoms with Gasteiger partial charge >= 0.3 is 0 Å². The largest absolute Gasteiger partial charge is 0.372 e. The Morgan fingerprint density at radius 1 is 1.26 bits per heavy atom. The summed E-state index contributed by atoms with van der Waals surface area (Å²) < 4.78 is 6.71. The lowest BCUT2D eigenvalue weighted by molar-refractivity contribution is 0.0424. The zero-order valence-electron chi connectivity index (χ0n) is 10.6. The Morgan fingerprint density at radius 3 is 3.00 bits per heavy atom. The third-order valence-corrected chi connectivity index (χ3v) is 4.58. The predicted octanol–water partition coefficient (Wildman–Crippen LogP) is 3.81. The monoisotopic (exact) mass is 293 g/mol. The predicted molar refractivity (Wildman–Crippen MR) is 79.9 cm³/mol. The van der Waals surface area contributed by atoms with Crippen LogP contribution in [0.15, 0.2) is 36.4 Å². The molecule has 1 atom stereocenters. The minimum Gasteiger partial charge on any atom is -0.372 e. The van der Waals surface area contributed by atoms with Crippen LogP contribution >= 0.6 is 22.9 Å². The maximum absolute atomic E-state index is 5.92. The summed E-state index contributed by atoms with van der Waals surface area (Å²) >= 11 is 7.54. The molecule has 0 fully saturated rings. The van der Waals surface area contributed by atoms with Crippen molar-refractivity contribution in [3.63, 3.8) is 0 Å². The lowest BCUT2D eigenvalue weighted by Crippen LogP contribution is -2.27. The molecule has 2 heterocycles. The molecular weight excluding hydrogens is 278 g/mol. The Hall–Kier alpha value is -0.870. The van der Waals surface area contributed by atoms with E-state index in [9.17, 15) is 0 Å². The van der Waals surface area contributed by atoms with Crippen LogP contribution in [-0.2, 0) is 17.7 Å². The molecule has 4 heteroatoms. The standard InChI is InChI=1S/C15H16ClNOS/c16-15-6-5-12(19-15)9-17-10-14-13-4-2-1-3-11(13)7-8-18-14/h1-6,14,17H,7-10H2. The van der Waals surface area contributed by atoms with Crippen molar-refractivity contribution in [3.05, 3.63) is 56.7 Å². The first-order chi connectivity index (χ1) is 9.33. The summed E-state index contributed by atoms with van der Waals surface area (Å²) in [6.07, 6.45) is 1.19. The fraction of sp³-hybridized carbons (Fsp3) is 0.333. The molecule has 19 heavy (non-hydrogen) atoms. The summed E-state index contributed by atoms with van der Waals surface area (Å²) in [4.78, 5) is 1.26. The van der Waals surface area contributed by atoms with Gasteiger partial charge in [0, 0.05) is 18.0 Å². The Bertz CT molecular complexity index is 555. The lowest BCUT2D eigenvalue weighted by Gasteiger charge is -2.26. The highest BCUT2D eigenvalue weighted by molar-refractivity contribution is 7.16. The Balaban J connectivity index is 1.59. The molecule has 3 rings (SSSR count). The molecule has 100 valence electrons. The van der Waals surface area contributed by atoms with E-state index in [2.05, 4.69) is 35.6 Å². The molecular formula is C15H16ClNOS. The minimum atomic E-state index is 0.167. The molecule has 0 bridgehead atoms. The van der Waals surface area contributed by atoms with Gasteiger partial charge in [-0.15, -0.1) is 11.3 Å². The molecule has 0 amide bonds. The topological polar surface area (TPSA) is 21.3 Å². The van der Waals surface area contributed by atoms with Crippen molar-refractivity contribution in [1.82, 2.24) is 5.32 Å². The molecule has 1 aromatic carbocycles. The van der Waals surface area contributed by atoms with Crippen LogP contribution in [0.1, 0.15) is 22.1 Å². The summed E-state index contributed by atoms with van der Waals surface area (Å²) in [7, 11) is 0. The maximum atomic E-state index is 5.92. The molecule has 1 unspecified atom stereocenters. The molecule has 0 radical (unpaired) electrons. The van der Waals surface area contributed by atoms with Crippen LogP contribution in [-0.4, -0.2) is 13.2 Å². The van der Waals surface area contributed by atoms with Crippen LogP contribution in [0.5, 0.6) is 0 Å². The molecule has 1 N–H and O–H groups in total. The molecule has 2 aromatic rings. The van der Waals surface area contributed by atoms with E-state index in [1.165, 1.54) is 16.0 Å². The van der Waals surface area contributed by atoms with Gasteiger partial charge in [-0.25, -0.2) is 0 Å². The van der Waals surface area contributed by atoms with Crippen LogP contribution in [0, 0.1) is 0 Å². The van der Waals surface area contributed by atoms with E-state index in [4.69, 9.17) is 16.3 Å². The second kappa shape index (κ2) is 6.06. The highest BCUT2D eigenvalue weighted by Crippen LogP contribution is 2.26. The normalized spacial score (nSPS) is 18.3. The second-order valence-corrected chi connectivity index (χ2v) is 6.44. The number of benzene rings is 1. The summed E-state index contributed by atoms with van der Waals surface area (Å²) in [6, 6.07) is 12.6. The van der Waals surface area contributed by atoms with E-state index in [1.54, 1.807) is 11.3 Å². The smallest absolute Gasteiger partial charge is 0.0952 e. The molecule has 2 nitrogen and oxygen atoms in total. The van der Waals surface area contributed by atoms with Gasteiger partial charge in [-0.3, -0.25) is 0 Å². The van der Waals surface area contributed by atoms with E-state index in [1.807, 2.05) is 6.07 Å². The van der Waals surface area contributed by atoms with Crippen LogP contribution in [0.4, 0.5) is 0 Å². The molecule has 0 saturated carbocycles. The highest BCUT2D eigenvalue weighted by atomic mass is 35.5. The van der Waals surface area contributed by atoms with E-state index < -0.39 is 0 Å². The lowest BCUT2D eigenvalue weighted by atomic mass is 9.97. The molecule has 0 saturated heterocycles. The SMILES string of the molecule is Clc1ccc(CNCC2OCCc3ccccc32)s1. The van der Waals surface area contributed by atoms with E-state index in [0.717, 1.165) is 30.5 Å². The number of thiophene rings is 1. The van der Waals surface area contributed by atoms with Crippen LogP contribution in [0.2, 0.25) is 4.34 Å². The minimum absolute atomic E-state index is 0.167. The number of hydrogen-bond donors (Lipinski definition) is 1. The fourth-order valence-electron chi connectivity index (χ4n) is 2.42. The second-order valence-electron chi connectivity index (χ2n) is 4.64. The third kappa shape index (κ3) is 3.18. The Kier molecular flexibility index (Phi) is 4.18. The average molecular weight is 294 g/mol. The molecule has 1 aliphatic rings. The Labute approximate surface area is 122 Å². The van der Waals surface area contributed by atoms with Gasteiger partial charge < -0.3 is 10.1 Å². The van der Waals surface area contributed by atoms with Gasteiger partial charge in [-0.05, 0) is 29.7 Å². The average Bonchev–Trinajstić information content (AvgIpc) is 2.85. The maximum Gasteiger partial charge on any atom is 0.0952 e. The number of rotatable bonds is 4. The number of halogens is 1. The first-order valence-corrected chi connectivity index (χ1v) is 7.67. The number of hydrogen-bond acceptors (Lipinski definition) is 3. The molecule has 0 spiro atoms.